The van der Waals surface area contributed by atoms with Gasteiger partial charge in [-0.2, -0.15) is 7.05 Å². The van der Waals surface area contributed by atoms with Crippen LogP contribution in [-0.2, 0) is 9.53 Å². The van der Waals surface area contributed by atoms with E-state index in [-0.39, 0.29) is 11.9 Å². The Morgan fingerprint density at radius 3 is 1.95 bits per heavy atom. The molecule has 0 saturated carbocycles. The highest BCUT2D eigenvalue weighted by Crippen LogP contribution is 2.44. The van der Waals surface area contributed by atoms with Gasteiger partial charge in [-0.15, -0.1) is 0 Å². The standard InChI is InChI=1S/C17H16O2.CH4N/c1-2-17(18)19-11-16-14-9-5-3-7-12(14)13-8-4-6-10-15(13)16;1-2/h3-10,16H,2,11H2,1H3;2H,1H3/q;-1. The first-order valence-corrected chi connectivity index (χ1v) is 7.15. The lowest BCUT2D eigenvalue weighted by molar-refractivity contribution is -0.143. The molecule has 3 nitrogen and oxygen atoms in total. The molecular weight excluding hydrogens is 262 g/mol. The van der Waals surface area contributed by atoms with Crippen molar-refractivity contribution in [1.29, 1.82) is 0 Å². The van der Waals surface area contributed by atoms with E-state index in [1.54, 1.807) is 0 Å². The summed E-state index contributed by atoms with van der Waals surface area (Å²) in [4.78, 5) is 11.4. The molecule has 0 bridgehead atoms. The number of benzene rings is 2. The number of hydrogen-bond acceptors (Lipinski definition) is 2. The van der Waals surface area contributed by atoms with Crippen LogP contribution in [0.4, 0.5) is 0 Å². The number of fused-ring (bicyclic) bond motifs is 3. The van der Waals surface area contributed by atoms with E-state index in [1.165, 1.54) is 29.3 Å². The molecule has 1 aliphatic carbocycles. The van der Waals surface area contributed by atoms with Crippen LogP contribution in [0.2, 0.25) is 0 Å². The summed E-state index contributed by atoms with van der Waals surface area (Å²) in [5.41, 5.74) is 10.8. The van der Waals surface area contributed by atoms with Crippen molar-refractivity contribution in [2.45, 2.75) is 19.3 Å². The maximum atomic E-state index is 11.4. The highest BCUT2D eigenvalue weighted by atomic mass is 16.5. The summed E-state index contributed by atoms with van der Waals surface area (Å²) in [6.45, 7) is 2.25. The Bertz CT molecular complexity index is 577. The third-order valence-corrected chi connectivity index (χ3v) is 3.66. The van der Waals surface area contributed by atoms with Crippen molar-refractivity contribution in [1.82, 2.24) is 0 Å². The summed E-state index contributed by atoms with van der Waals surface area (Å²) in [5, 5.41) is 0. The van der Waals surface area contributed by atoms with Gasteiger partial charge in [-0.1, -0.05) is 55.5 Å². The van der Waals surface area contributed by atoms with E-state index in [0.29, 0.717) is 13.0 Å². The van der Waals surface area contributed by atoms with Crippen LogP contribution in [0.15, 0.2) is 48.5 Å². The van der Waals surface area contributed by atoms with E-state index in [9.17, 15) is 4.79 Å². The first-order valence-electron chi connectivity index (χ1n) is 7.15. The molecule has 0 aliphatic heterocycles. The van der Waals surface area contributed by atoms with Crippen molar-refractivity contribution in [3.63, 3.8) is 0 Å². The van der Waals surface area contributed by atoms with Crippen LogP contribution in [0.25, 0.3) is 16.9 Å². The minimum atomic E-state index is -0.137. The minimum absolute atomic E-state index is 0.137. The van der Waals surface area contributed by atoms with E-state index in [0.717, 1.165) is 0 Å². The lowest BCUT2D eigenvalue weighted by atomic mass is 9.98. The summed E-state index contributed by atoms with van der Waals surface area (Å²) in [6.07, 6.45) is 0.427. The number of rotatable bonds is 3. The normalized spacial score (nSPS) is 12.0. The molecular formula is C18H20NO2-. The van der Waals surface area contributed by atoms with E-state index >= 15 is 0 Å². The molecule has 0 unspecified atom stereocenters. The van der Waals surface area contributed by atoms with E-state index in [1.807, 2.05) is 19.1 Å². The lowest BCUT2D eigenvalue weighted by Crippen LogP contribution is -2.11. The zero-order valence-corrected chi connectivity index (χ0v) is 12.4. The van der Waals surface area contributed by atoms with Crippen LogP contribution in [0.3, 0.4) is 0 Å². The summed E-state index contributed by atoms with van der Waals surface area (Å²) >= 11 is 0. The number of hydrogen-bond donors (Lipinski definition) is 0. The second-order valence-electron chi connectivity index (χ2n) is 4.76. The molecule has 0 radical (unpaired) electrons. The minimum Gasteiger partial charge on any atom is -0.680 e. The van der Waals surface area contributed by atoms with Crippen molar-refractivity contribution < 1.29 is 9.53 Å². The average Bonchev–Trinajstić information content (AvgIpc) is 2.88. The smallest absolute Gasteiger partial charge is 0.305 e. The predicted octanol–water partition coefficient (Wildman–Crippen LogP) is 4.42. The van der Waals surface area contributed by atoms with Crippen LogP contribution in [0.5, 0.6) is 0 Å². The molecule has 2 aromatic carbocycles. The van der Waals surface area contributed by atoms with Crippen LogP contribution in [0.1, 0.15) is 30.4 Å². The third-order valence-electron chi connectivity index (χ3n) is 3.66. The monoisotopic (exact) mass is 282 g/mol. The zero-order chi connectivity index (χ0) is 15.2. The van der Waals surface area contributed by atoms with Crippen molar-refractivity contribution in [2.75, 3.05) is 13.7 Å². The van der Waals surface area contributed by atoms with Gasteiger partial charge in [0.15, 0.2) is 0 Å². The molecule has 0 spiro atoms. The first kappa shape index (κ1) is 15.3. The Morgan fingerprint density at radius 1 is 1.00 bits per heavy atom. The molecule has 110 valence electrons. The van der Waals surface area contributed by atoms with Gasteiger partial charge in [0.05, 0.1) is 0 Å². The van der Waals surface area contributed by atoms with Crippen molar-refractivity contribution in [3.8, 4) is 11.1 Å². The molecule has 0 heterocycles. The SMILES string of the molecule is CCC(=O)OCC1c2ccccc2-c2ccccc21.C[NH-]. The Balaban J connectivity index is 0.000000774. The summed E-state index contributed by atoms with van der Waals surface area (Å²) < 4.78 is 5.35. The maximum absolute atomic E-state index is 11.4. The first-order chi connectivity index (χ1) is 10.3. The molecule has 3 heteroatoms. The van der Waals surface area contributed by atoms with Crippen LogP contribution < -0.4 is 0 Å². The van der Waals surface area contributed by atoms with Crippen LogP contribution in [-0.4, -0.2) is 19.6 Å². The van der Waals surface area contributed by atoms with Gasteiger partial charge in [-0.3, -0.25) is 4.79 Å². The Morgan fingerprint density at radius 2 is 1.48 bits per heavy atom. The van der Waals surface area contributed by atoms with Crippen molar-refractivity contribution >= 4 is 5.97 Å². The second-order valence-corrected chi connectivity index (χ2v) is 4.76. The number of carbonyl (C=O) groups is 1. The van der Waals surface area contributed by atoms with E-state index in [2.05, 4.69) is 36.4 Å². The predicted molar refractivity (Wildman–Crippen MR) is 85.2 cm³/mol. The fourth-order valence-electron chi connectivity index (χ4n) is 2.72. The largest absolute Gasteiger partial charge is 0.680 e. The molecule has 0 amide bonds. The molecule has 1 N–H and O–H groups in total. The van der Waals surface area contributed by atoms with Gasteiger partial charge < -0.3 is 10.5 Å². The number of ether oxygens (including phenoxy) is 1. The average molecular weight is 282 g/mol. The quantitative estimate of drug-likeness (QED) is 0.782. The molecule has 2 aromatic rings. The van der Waals surface area contributed by atoms with Gasteiger partial charge in [0.2, 0.25) is 0 Å². The maximum Gasteiger partial charge on any atom is 0.305 e. The Labute approximate surface area is 125 Å². The van der Waals surface area contributed by atoms with Gasteiger partial charge >= 0.3 is 5.97 Å². The topological polar surface area (TPSA) is 50.1 Å². The molecule has 0 fully saturated rings. The Hall–Kier alpha value is -2.13. The molecule has 21 heavy (non-hydrogen) atoms. The summed E-state index contributed by atoms with van der Waals surface area (Å²) in [6, 6.07) is 16.7. The van der Waals surface area contributed by atoms with Gasteiger partial charge in [-0.05, 0) is 22.3 Å². The highest BCUT2D eigenvalue weighted by molar-refractivity contribution is 5.79. The fraction of sp³-hybridized carbons (Fsp3) is 0.278. The van der Waals surface area contributed by atoms with Gasteiger partial charge in [0.1, 0.15) is 6.61 Å². The lowest BCUT2D eigenvalue weighted by Gasteiger charge is -2.13. The van der Waals surface area contributed by atoms with Crippen LogP contribution >= 0.6 is 0 Å². The van der Waals surface area contributed by atoms with E-state index < -0.39 is 0 Å². The Kier molecular flexibility index (Phi) is 5.12. The van der Waals surface area contributed by atoms with Gasteiger partial charge in [0, 0.05) is 12.3 Å². The summed E-state index contributed by atoms with van der Waals surface area (Å²) in [7, 11) is 1.25. The summed E-state index contributed by atoms with van der Waals surface area (Å²) in [5.74, 6) is 0.0322. The molecule has 0 saturated heterocycles. The molecule has 1 aliphatic rings. The highest BCUT2D eigenvalue weighted by Gasteiger charge is 2.28. The molecule has 0 aromatic heterocycles. The van der Waals surface area contributed by atoms with Gasteiger partial charge in [0.25, 0.3) is 0 Å². The number of carbonyl (C=O) groups excluding carboxylic acids is 1. The number of esters is 1. The number of nitrogens with one attached hydrogen (secondary N) is 1. The van der Waals surface area contributed by atoms with Crippen LogP contribution in [0, 0.1) is 0 Å². The van der Waals surface area contributed by atoms with Crippen molar-refractivity contribution in [2.24, 2.45) is 0 Å². The van der Waals surface area contributed by atoms with Crippen molar-refractivity contribution in [3.05, 3.63) is 65.4 Å². The van der Waals surface area contributed by atoms with E-state index in [4.69, 9.17) is 10.5 Å². The second kappa shape index (κ2) is 7.04. The fourth-order valence-corrected chi connectivity index (χ4v) is 2.72. The molecule has 0 atom stereocenters. The van der Waals surface area contributed by atoms with Gasteiger partial charge in [-0.25, -0.2) is 0 Å². The third kappa shape index (κ3) is 2.98. The molecule has 3 rings (SSSR count). The zero-order valence-electron chi connectivity index (χ0n) is 12.4.